The maximum absolute atomic E-state index is 13.2. The lowest BCUT2D eigenvalue weighted by Gasteiger charge is -2.30. The van der Waals surface area contributed by atoms with Crippen LogP contribution in [0.2, 0.25) is 0 Å². The molecule has 0 bridgehead atoms. The van der Waals surface area contributed by atoms with Crippen LogP contribution >= 0.6 is 15.9 Å². The fraction of sp³-hybridized carbons (Fsp3) is 0.385. The average molecular weight is 528 g/mol. The van der Waals surface area contributed by atoms with Crippen LogP contribution in [0.5, 0.6) is 0 Å². The summed E-state index contributed by atoms with van der Waals surface area (Å²) in [7, 11) is 0. The molecule has 8 heteroatoms. The molecule has 3 rings (SSSR count). The number of fused-ring (bicyclic) bond motifs is 1. The summed E-state index contributed by atoms with van der Waals surface area (Å²) in [4.78, 5) is 53.9. The maximum atomic E-state index is 13.2. The van der Waals surface area contributed by atoms with E-state index in [1.807, 2.05) is 38.1 Å². The van der Waals surface area contributed by atoms with Crippen LogP contribution in [-0.2, 0) is 16.1 Å². The van der Waals surface area contributed by atoms with E-state index in [1.54, 1.807) is 36.1 Å². The van der Waals surface area contributed by atoms with Crippen molar-refractivity contribution in [2.24, 2.45) is 0 Å². The number of benzene rings is 2. The molecule has 0 radical (unpaired) electrons. The lowest BCUT2D eigenvalue weighted by atomic mass is 10.1. The molecule has 2 atom stereocenters. The monoisotopic (exact) mass is 527 g/mol. The number of imide groups is 1. The molecule has 0 aromatic heterocycles. The fourth-order valence-electron chi connectivity index (χ4n) is 3.81. The van der Waals surface area contributed by atoms with E-state index in [4.69, 9.17) is 0 Å². The Labute approximate surface area is 208 Å². The first kappa shape index (κ1) is 25.6. The van der Waals surface area contributed by atoms with Gasteiger partial charge in [-0.05, 0) is 56.5 Å². The van der Waals surface area contributed by atoms with Gasteiger partial charge in [0, 0.05) is 30.0 Å². The van der Waals surface area contributed by atoms with Crippen molar-refractivity contribution in [1.82, 2.24) is 15.1 Å². The van der Waals surface area contributed by atoms with Crippen LogP contribution in [0.15, 0.2) is 53.0 Å². The summed E-state index contributed by atoms with van der Waals surface area (Å²) in [5.74, 6) is -1.08. The summed E-state index contributed by atoms with van der Waals surface area (Å²) >= 11 is 3.41. The van der Waals surface area contributed by atoms with Gasteiger partial charge in [0.15, 0.2) is 0 Å². The third kappa shape index (κ3) is 5.91. The molecule has 1 heterocycles. The van der Waals surface area contributed by atoms with Gasteiger partial charge in [0.05, 0.1) is 11.1 Å². The van der Waals surface area contributed by atoms with Crippen LogP contribution in [0.25, 0.3) is 0 Å². The van der Waals surface area contributed by atoms with Crippen molar-refractivity contribution in [2.45, 2.75) is 58.7 Å². The van der Waals surface area contributed by atoms with Crippen LogP contribution < -0.4 is 5.32 Å². The van der Waals surface area contributed by atoms with Crippen molar-refractivity contribution in [1.29, 1.82) is 0 Å². The van der Waals surface area contributed by atoms with E-state index in [9.17, 15) is 19.2 Å². The first-order valence-corrected chi connectivity index (χ1v) is 12.3. The van der Waals surface area contributed by atoms with Gasteiger partial charge < -0.3 is 10.2 Å². The van der Waals surface area contributed by atoms with Crippen molar-refractivity contribution < 1.29 is 19.2 Å². The Hall–Kier alpha value is -3.00. The number of hydrogen-bond acceptors (Lipinski definition) is 4. The van der Waals surface area contributed by atoms with Gasteiger partial charge in [-0.1, -0.05) is 47.1 Å². The zero-order chi connectivity index (χ0) is 24.8. The number of carbonyl (C=O) groups is 4. The zero-order valence-corrected chi connectivity index (χ0v) is 21.3. The van der Waals surface area contributed by atoms with Crippen LogP contribution in [0.1, 0.15) is 66.3 Å². The Balaban J connectivity index is 1.67. The number of nitrogens with zero attached hydrogens (tertiary/aromatic N) is 2. The average Bonchev–Trinajstić information content (AvgIpc) is 3.08. The highest BCUT2D eigenvalue weighted by Gasteiger charge is 2.35. The number of rotatable bonds is 10. The minimum Gasteiger partial charge on any atom is -0.352 e. The molecule has 2 aromatic rings. The smallest absolute Gasteiger partial charge is 0.261 e. The van der Waals surface area contributed by atoms with Gasteiger partial charge in [0.1, 0.15) is 6.04 Å². The molecule has 1 N–H and O–H groups in total. The molecular formula is C26H30BrN3O4. The van der Waals surface area contributed by atoms with Crippen molar-refractivity contribution in [2.75, 3.05) is 6.54 Å². The third-order valence-corrected chi connectivity index (χ3v) is 6.61. The molecule has 0 spiro atoms. The second-order valence-electron chi connectivity index (χ2n) is 8.55. The van der Waals surface area contributed by atoms with Crippen molar-refractivity contribution in [3.63, 3.8) is 0 Å². The van der Waals surface area contributed by atoms with Crippen molar-refractivity contribution in [3.8, 4) is 0 Å². The Bertz CT molecular complexity index is 1030. The molecule has 1 aliphatic heterocycles. The lowest BCUT2D eigenvalue weighted by molar-refractivity contribution is -0.141. The summed E-state index contributed by atoms with van der Waals surface area (Å²) in [6.45, 7) is 6.07. The van der Waals surface area contributed by atoms with Gasteiger partial charge in [-0.2, -0.15) is 0 Å². The predicted molar refractivity (Wildman–Crippen MR) is 133 cm³/mol. The summed E-state index contributed by atoms with van der Waals surface area (Å²) in [6.07, 6.45) is 1.23. The van der Waals surface area contributed by atoms with Crippen LogP contribution in [-0.4, -0.2) is 52.1 Å². The Kier molecular flexibility index (Phi) is 8.61. The quantitative estimate of drug-likeness (QED) is 0.470. The van der Waals surface area contributed by atoms with Gasteiger partial charge in [-0.3, -0.25) is 24.1 Å². The van der Waals surface area contributed by atoms with Crippen LogP contribution in [0, 0.1) is 0 Å². The largest absolute Gasteiger partial charge is 0.352 e. The molecule has 0 saturated heterocycles. The SMILES string of the molecule is CC[C@H](C)NC(=O)[C@H](C)N(Cc1ccc(Br)cc1)C(=O)CCCN1C(=O)c2ccccc2C1=O. The maximum Gasteiger partial charge on any atom is 0.261 e. The molecular weight excluding hydrogens is 498 g/mol. The van der Waals surface area contributed by atoms with Gasteiger partial charge >= 0.3 is 0 Å². The normalized spacial score (nSPS) is 14.5. The van der Waals surface area contributed by atoms with E-state index >= 15 is 0 Å². The topological polar surface area (TPSA) is 86.8 Å². The summed E-state index contributed by atoms with van der Waals surface area (Å²) in [5, 5.41) is 2.94. The van der Waals surface area contributed by atoms with Crippen molar-refractivity contribution >= 4 is 39.6 Å². The standard InChI is InChI=1S/C26H30BrN3O4/c1-4-17(2)28-24(32)18(3)30(16-19-11-13-20(27)14-12-19)23(31)10-7-15-29-25(33)21-8-5-6-9-22(21)26(29)34/h5-6,8-9,11-14,17-18H,4,7,10,15-16H2,1-3H3,(H,28,32)/t17-,18-/m0/s1. The molecule has 2 aromatic carbocycles. The predicted octanol–water partition coefficient (Wildman–Crippen LogP) is 4.16. The summed E-state index contributed by atoms with van der Waals surface area (Å²) in [6, 6.07) is 13.7. The highest BCUT2D eigenvalue weighted by atomic mass is 79.9. The molecule has 180 valence electrons. The molecule has 0 aliphatic carbocycles. The van der Waals surface area contributed by atoms with Gasteiger partial charge in [0.2, 0.25) is 11.8 Å². The third-order valence-electron chi connectivity index (χ3n) is 6.09. The van der Waals surface area contributed by atoms with E-state index in [1.165, 1.54) is 4.90 Å². The second-order valence-corrected chi connectivity index (χ2v) is 9.47. The molecule has 1 aliphatic rings. The number of carbonyl (C=O) groups excluding carboxylic acids is 4. The summed E-state index contributed by atoms with van der Waals surface area (Å²) < 4.78 is 0.928. The lowest BCUT2D eigenvalue weighted by Crippen LogP contribution is -2.49. The Morgan fingerprint density at radius 3 is 2.15 bits per heavy atom. The minimum atomic E-state index is -0.663. The van der Waals surface area contributed by atoms with Gasteiger partial charge in [-0.15, -0.1) is 0 Å². The number of amides is 4. The minimum absolute atomic E-state index is 0.00778. The summed E-state index contributed by atoms with van der Waals surface area (Å²) in [5.41, 5.74) is 1.69. The Morgan fingerprint density at radius 2 is 1.59 bits per heavy atom. The zero-order valence-electron chi connectivity index (χ0n) is 19.7. The molecule has 34 heavy (non-hydrogen) atoms. The van der Waals surface area contributed by atoms with E-state index in [-0.39, 0.29) is 49.2 Å². The van der Waals surface area contributed by atoms with Crippen LogP contribution in [0.3, 0.4) is 0 Å². The van der Waals surface area contributed by atoms with Crippen LogP contribution in [0.4, 0.5) is 0 Å². The van der Waals surface area contributed by atoms with Gasteiger partial charge in [-0.25, -0.2) is 0 Å². The second kappa shape index (κ2) is 11.4. The molecule has 0 saturated carbocycles. The molecule has 4 amide bonds. The fourth-order valence-corrected chi connectivity index (χ4v) is 4.07. The van der Waals surface area contributed by atoms with E-state index < -0.39 is 6.04 Å². The first-order chi connectivity index (χ1) is 16.2. The highest BCUT2D eigenvalue weighted by molar-refractivity contribution is 9.10. The van der Waals surface area contributed by atoms with E-state index in [2.05, 4.69) is 21.2 Å². The number of halogens is 1. The molecule has 7 nitrogen and oxygen atoms in total. The molecule has 0 fully saturated rings. The number of hydrogen-bond donors (Lipinski definition) is 1. The van der Waals surface area contributed by atoms with E-state index in [0.717, 1.165) is 16.5 Å². The van der Waals surface area contributed by atoms with Gasteiger partial charge in [0.25, 0.3) is 11.8 Å². The number of nitrogens with one attached hydrogen (secondary N) is 1. The molecule has 0 unspecified atom stereocenters. The highest BCUT2D eigenvalue weighted by Crippen LogP contribution is 2.23. The first-order valence-electron chi connectivity index (χ1n) is 11.5. The van der Waals surface area contributed by atoms with E-state index in [0.29, 0.717) is 17.5 Å². The van der Waals surface area contributed by atoms with Crippen molar-refractivity contribution in [3.05, 3.63) is 69.7 Å². The Morgan fingerprint density at radius 1 is 1.00 bits per heavy atom.